The quantitative estimate of drug-likeness (QED) is 0.702. The van der Waals surface area contributed by atoms with Gasteiger partial charge in [0.15, 0.2) is 0 Å². The van der Waals surface area contributed by atoms with Crippen LogP contribution in [0.4, 0.5) is 0 Å². The number of fused-ring (bicyclic) bond motifs is 1. The highest BCUT2D eigenvalue weighted by molar-refractivity contribution is 5.13. The van der Waals surface area contributed by atoms with Crippen molar-refractivity contribution < 1.29 is 23.7 Å². The molecule has 1 aliphatic carbocycles. The van der Waals surface area contributed by atoms with E-state index in [9.17, 15) is 0 Å². The maximum atomic E-state index is 6.43. The van der Waals surface area contributed by atoms with Crippen molar-refractivity contribution in [3.8, 4) is 0 Å². The van der Waals surface area contributed by atoms with E-state index in [4.69, 9.17) is 23.7 Å². The summed E-state index contributed by atoms with van der Waals surface area (Å²) in [6.45, 7) is 2.97. The fourth-order valence-electron chi connectivity index (χ4n) is 3.86. The van der Waals surface area contributed by atoms with Gasteiger partial charge in [-0.05, 0) is 25.3 Å². The highest BCUT2D eigenvalue weighted by Crippen LogP contribution is 2.45. The number of methoxy groups -OCH3 is 2. The van der Waals surface area contributed by atoms with Crippen LogP contribution >= 0.6 is 0 Å². The Labute approximate surface area is 150 Å². The molecular formula is C20H30O5. The molecule has 0 N–H and O–H groups in total. The summed E-state index contributed by atoms with van der Waals surface area (Å²) in [5.41, 5.74) is 1.15. The molecule has 0 radical (unpaired) electrons. The van der Waals surface area contributed by atoms with Crippen molar-refractivity contribution in [3.63, 3.8) is 0 Å². The molecule has 3 rings (SSSR count). The fraction of sp³-hybridized carbons (Fsp3) is 0.700. The van der Waals surface area contributed by atoms with Gasteiger partial charge in [0, 0.05) is 20.6 Å². The van der Waals surface area contributed by atoms with Crippen molar-refractivity contribution >= 4 is 0 Å². The highest BCUT2D eigenvalue weighted by atomic mass is 16.8. The molecule has 1 heterocycles. The Hall–Kier alpha value is -0.980. The van der Waals surface area contributed by atoms with Crippen LogP contribution in [0.15, 0.2) is 30.3 Å². The van der Waals surface area contributed by atoms with Crippen LogP contribution in [-0.2, 0) is 30.3 Å². The summed E-state index contributed by atoms with van der Waals surface area (Å²) >= 11 is 0. The first-order chi connectivity index (χ1) is 12.1. The molecule has 0 unspecified atom stereocenters. The molecule has 2 aliphatic rings. The molecule has 1 aromatic rings. The molecule has 4 atom stereocenters. The fourth-order valence-corrected chi connectivity index (χ4v) is 3.86. The second kappa shape index (κ2) is 8.14. The van der Waals surface area contributed by atoms with E-state index in [1.165, 1.54) is 12.8 Å². The average molecular weight is 350 g/mol. The van der Waals surface area contributed by atoms with Crippen molar-refractivity contribution in [2.45, 2.75) is 69.4 Å². The van der Waals surface area contributed by atoms with Gasteiger partial charge >= 0.3 is 0 Å². The maximum Gasteiger partial charge on any atom is 0.225 e. The molecule has 0 spiro atoms. The number of hydrogen-bond acceptors (Lipinski definition) is 5. The summed E-state index contributed by atoms with van der Waals surface area (Å²) in [5, 5.41) is 0. The van der Waals surface area contributed by atoms with Gasteiger partial charge in [-0.25, -0.2) is 0 Å². The predicted molar refractivity (Wildman–Crippen MR) is 94.1 cm³/mol. The van der Waals surface area contributed by atoms with Gasteiger partial charge < -0.3 is 23.7 Å². The zero-order chi connectivity index (χ0) is 17.8. The lowest BCUT2D eigenvalue weighted by molar-refractivity contribution is -0.459. The Morgan fingerprint density at radius 2 is 1.68 bits per heavy atom. The number of hydrogen-bond donors (Lipinski definition) is 0. The van der Waals surface area contributed by atoms with E-state index in [1.807, 2.05) is 25.1 Å². The van der Waals surface area contributed by atoms with Crippen LogP contribution in [0.25, 0.3) is 0 Å². The molecule has 5 heteroatoms. The van der Waals surface area contributed by atoms with E-state index in [-0.39, 0.29) is 12.2 Å². The Morgan fingerprint density at radius 1 is 1.00 bits per heavy atom. The van der Waals surface area contributed by atoms with Crippen molar-refractivity contribution in [2.24, 2.45) is 0 Å². The van der Waals surface area contributed by atoms with Crippen molar-refractivity contribution in [1.29, 1.82) is 0 Å². The minimum Gasteiger partial charge on any atom is -0.377 e. The summed E-state index contributed by atoms with van der Waals surface area (Å²) < 4.78 is 30.2. The third-order valence-corrected chi connectivity index (χ3v) is 5.46. The third kappa shape index (κ3) is 3.91. The minimum absolute atomic E-state index is 0.0612. The van der Waals surface area contributed by atoms with Gasteiger partial charge in [0.05, 0.1) is 25.4 Å². The van der Waals surface area contributed by atoms with Gasteiger partial charge in [-0.2, -0.15) is 0 Å². The lowest BCUT2D eigenvalue weighted by Crippen LogP contribution is -2.67. The summed E-state index contributed by atoms with van der Waals surface area (Å²) in [6.07, 6.45) is 5.03. The number of benzene rings is 1. The first kappa shape index (κ1) is 18.8. The Morgan fingerprint density at radius 3 is 2.32 bits per heavy atom. The smallest absolute Gasteiger partial charge is 0.225 e. The van der Waals surface area contributed by atoms with Crippen LogP contribution in [-0.4, -0.2) is 44.6 Å². The van der Waals surface area contributed by atoms with Crippen LogP contribution in [0.5, 0.6) is 0 Å². The SMILES string of the molecule is CO[C@]1(C)O[C@H]2CCCC[C@@H]2O[C@@]1(CCOCc1ccccc1)OC. The van der Waals surface area contributed by atoms with Gasteiger partial charge in [-0.1, -0.05) is 43.2 Å². The lowest BCUT2D eigenvalue weighted by Gasteiger charge is -2.54. The van der Waals surface area contributed by atoms with E-state index in [0.29, 0.717) is 19.6 Å². The minimum atomic E-state index is -0.961. The van der Waals surface area contributed by atoms with Crippen LogP contribution < -0.4 is 0 Å². The Balaban J connectivity index is 1.64. The van der Waals surface area contributed by atoms with Gasteiger partial charge in [-0.3, -0.25) is 0 Å². The Bertz CT molecular complexity index is 536. The maximum absolute atomic E-state index is 6.43. The first-order valence-electron chi connectivity index (χ1n) is 9.20. The van der Waals surface area contributed by atoms with E-state index in [2.05, 4.69) is 12.1 Å². The molecule has 1 aromatic carbocycles. The Kier molecular flexibility index (Phi) is 6.12. The number of rotatable bonds is 7. The molecule has 0 bridgehead atoms. The third-order valence-electron chi connectivity index (χ3n) is 5.46. The molecule has 2 fully saturated rings. The number of ether oxygens (including phenoxy) is 5. The zero-order valence-electron chi connectivity index (χ0n) is 15.5. The van der Waals surface area contributed by atoms with Gasteiger partial charge in [0.25, 0.3) is 0 Å². The second-order valence-corrected chi connectivity index (χ2v) is 6.99. The normalized spacial score (nSPS) is 35.3. The molecular weight excluding hydrogens is 320 g/mol. The van der Waals surface area contributed by atoms with E-state index >= 15 is 0 Å². The molecule has 25 heavy (non-hydrogen) atoms. The topological polar surface area (TPSA) is 46.2 Å². The summed E-state index contributed by atoms with van der Waals surface area (Å²) in [7, 11) is 3.30. The molecule has 5 nitrogen and oxygen atoms in total. The zero-order valence-corrected chi connectivity index (χ0v) is 15.5. The standard InChI is InChI=1S/C20H30O5/c1-19(21-2)20(22-3,25-18-12-8-7-11-17(18)24-19)13-14-23-15-16-9-5-4-6-10-16/h4-6,9-10,17-18H,7-8,11-15H2,1-3H3/t17-,18-,19+,20+/m0/s1. The average Bonchev–Trinajstić information content (AvgIpc) is 2.66. The van der Waals surface area contributed by atoms with Crippen LogP contribution in [0.2, 0.25) is 0 Å². The van der Waals surface area contributed by atoms with Gasteiger partial charge in [0.1, 0.15) is 0 Å². The van der Waals surface area contributed by atoms with Crippen molar-refractivity contribution in [1.82, 2.24) is 0 Å². The lowest BCUT2D eigenvalue weighted by atomic mass is 9.90. The molecule has 1 aliphatic heterocycles. The molecule has 1 saturated heterocycles. The summed E-state index contributed by atoms with van der Waals surface area (Å²) in [6, 6.07) is 10.1. The second-order valence-electron chi connectivity index (χ2n) is 6.99. The molecule has 140 valence electrons. The van der Waals surface area contributed by atoms with Gasteiger partial charge in [-0.15, -0.1) is 0 Å². The van der Waals surface area contributed by atoms with E-state index in [1.54, 1.807) is 14.2 Å². The summed E-state index contributed by atoms with van der Waals surface area (Å²) in [5.74, 6) is -1.91. The largest absolute Gasteiger partial charge is 0.377 e. The molecule has 0 aromatic heterocycles. The van der Waals surface area contributed by atoms with E-state index < -0.39 is 11.6 Å². The van der Waals surface area contributed by atoms with Crippen molar-refractivity contribution in [2.75, 3.05) is 20.8 Å². The predicted octanol–water partition coefficient (Wildman–Crippen LogP) is 3.66. The highest BCUT2D eigenvalue weighted by Gasteiger charge is 2.59. The van der Waals surface area contributed by atoms with E-state index in [0.717, 1.165) is 18.4 Å². The van der Waals surface area contributed by atoms with Crippen LogP contribution in [0.3, 0.4) is 0 Å². The van der Waals surface area contributed by atoms with Crippen molar-refractivity contribution in [3.05, 3.63) is 35.9 Å². The van der Waals surface area contributed by atoms with Crippen LogP contribution in [0.1, 0.15) is 44.6 Å². The monoisotopic (exact) mass is 350 g/mol. The molecule has 0 amide bonds. The first-order valence-corrected chi connectivity index (χ1v) is 9.20. The van der Waals surface area contributed by atoms with Gasteiger partial charge in [0.2, 0.25) is 11.6 Å². The summed E-state index contributed by atoms with van der Waals surface area (Å²) in [4.78, 5) is 0. The molecule has 1 saturated carbocycles. The van der Waals surface area contributed by atoms with Crippen LogP contribution in [0, 0.1) is 0 Å².